The van der Waals surface area contributed by atoms with Gasteiger partial charge in [0.1, 0.15) is 0 Å². The minimum Gasteiger partial charge on any atom is -0.454 e. The number of ether oxygens (including phenoxy) is 2. The summed E-state index contributed by atoms with van der Waals surface area (Å²) in [4.78, 5) is 20.0. The summed E-state index contributed by atoms with van der Waals surface area (Å²) in [6.45, 7) is 0.143. The van der Waals surface area contributed by atoms with Gasteiger partial charge in [-0.15, -0.1) is 0 Å². The number of nitrogens with one attached hydrogen (secondary N) is 2. The number of fused-ring (bicyclic) bond motifs is 1. The zero-order valence-electron chi connectivity index (χ0n) is 15.5. The van der Waals surface area contributed by atoms with Crippen LogP contribution in [-0.2, 0) is 10.0 Å². The van der Waals surface area contributed by atoms with Crippen molar-refractivity contribution < 1.29 is 22.7 Å². The Morgan fingerprint density at radius 2 is 1.73 bits per heavy atom. The van der Waals surface area contributed by atoms with Crippen LogP contribution in [0.15, 0.2) is 78.1 Å². The largest absolute Gasteiger partial charge is 0.454 e. The summed E-state index contributed by atoms with van der Waals surface area (Å²) in [5.74, 6) is 0.919. The van der Waals surface area contributed by atoms with Crippen LogP contribution < -0.4 is 19.5 Å². The molecular weight excluding hydrogens is 408 g/mol. The summed E-state index contributed by atoms with van der Waals surface area (Å²) < 4.78 is 37.5. The highest BCUT2D eigenvalue weighted by Gasteiger charge is 2.16. The number of benzene rings is 2. The Kier molecular flexibility index (Phi) is 5.31. The summed E-state index contributed by atoms with van der Waals surface area (Å²) in [6, 6.07) is 12.6. The number of carbonyl (C=O) groups excluding carboxylic acids is 1. The Hall–Kier alpha value is -3.92. The summed E-state index contributed by atoms with van der Waals surface area (Å²) in [7, 11) is -3.80. The van der Waals surface area contributed by atoms with Gasteiger partial charge < -0.3 is 14.8 Å². The maximum absolute atomic E-state index is 12.4. The molecule has 2 heterocycles. The minimum atomic E-state index is -3.80. The molecule has 0 bridgehead atoms. The van der Waals surface area contributed by atoms with Gasteiger partial charge in [0.25, 0.3) is 10.0 Å². The number of anilines is 2. The van der Waals surface area contributed by atoms with Crippen LogP contribution in [0.5, 0.6) is 11.5 Å². The predicted molar refractivity (Wildman–Crippen MR) is 109 cm³/mol. The Morgan fingerprint density at radius 1 is 1.00 bits per heavy atom. The number of sulfonamides is 1. The van der Waals surface area contributed by atoms with Crippen molar-refractivity contribution in [1.82, 2.24) is 9.97 Å². The van der Waals surface area contributed by atoms with Crippen LogP contribution in [0.3, 0.4) is 0 Å². The van der Waals surface area contributed by atoms with Crippen LogP contribution in [0, 0.1) is 0 Å². The first-order valence-corrected chi connectivity index (χ1v) is 10.3. The second kappa shape index (κ2) is 8.21. The van der Waals surface area contributed by atoms with E-state index in [2.05, 4.69) is 20.0 Å². The van der Waals surface area contributed by atoms with E-state index in [1.165, 1.54) is 36.8 Å². The third-order valence-corrected chi connectivity index (χ3v) is 5.44. The molecule has 0 atom stereocenters. The second-order valence-corrected chi connectivity index (χ2v) is 7.79. The fourth-order valence-electron chi connectivity index (χ4n) is 2.62. The fraction of sp³-hybridized carbons (Fsp3) is 0.0500. The Bertz CT molecular complexity index is 1200. The molecule has 1 aliphatic heterocycles. The number of hydrogen-bond donors (Lipinski definition) is 2. The molecule has 3 aromatic rings. The van der Waals surface area contributed by atoms with Gasteiger partial charge in [-0.2, -0.15) is 0 Å². The van der Waals surface area contributed by atoms with Gasteiger partial charge in [-0.05, 0) is 48.5 Å². The van der Waals surface area contributed by atoms with Gasteiger partial charge in [0, 0.05) is 35.9 Å². The van der Waals surface area contributed by atoms with Crippen LogP contribution in [0.1, 0.15) is 10.4 Å². The SMILES string of the molecule is O=C(/C=C\Nc1ccc(S(=O)(=O)Nc2ncccn2)cc1)c1ccc2c(c1)OCO2. The van der Waals surface area contributed by atoms with Gasteiger partial charge in [-0.25, -0.2) is 23.1 Å². The van der Waals surface area contributed by atoms with E-state index in [9.17, 15) is 13.2 Å². The Labute approximate surface area is 172 Å². The highest BCUT2D eigenvalue weighted by atomic mass is 32.2. The molecule has 1 aliphatic rings. The molecule has 152 valence electrons. The molecule has 0 fully saturated rings. The first-order chi connectivity index (χ1) is 14.5. The lowest BCUT2D eigenvalue weighted by Crippen LogP contribution is -2.14. The van der Waals surface area contributed by atoms with E-state index >= 15 is 0 Å². The normalized spacial score (nSPS) is 12.7. The number of ketones is 1. The van der Waals surface area contributed by atoms with Crippen LogP contribution in [-0.4, -0.2) is 31.0 Å². The van der Waals surface area contributed by atoms with Crippen LogP contribution in [0.25, 0.3) is 0 Å². The molecule has 0 saturated carbocycles. The zero-order valence-corrected chi connectivity index (χ0v) is 16.3. The average Bonchev–Trinajstić information content (AvgIpc) is 3.22. The quantitative estimate of drug-likeness (QED) is 0.439. The number of hydrogen-bond acceptors (Lipinski definition) is 8. The summed E-state index contributed by atoms with van der Waals surface area (Å²) in [5, 5.41) is 2.93. The van der Waals surface area contributed by atoms with Gasteiger partial charge in [0.15, 0.2) is 17.3 Å². The number of rotatable bonds is 7. The molecule has 30 heavy (non-hydrogen) atoms. The van der Waals surface area contributed by atoms with Crippen molar-refractivity contribution in [3.63, 3.8) is 0 Å². The van der Waals surface area contributed by atoms with E-state index in [1.54, 1.807) is 36.4 Å². The van der Waals surface area contributed by atoms with Gasteiger partial charge in [0.05, 0.1) is 4.90 Å². The molecule has 0 aliphatic carbocycles. The van der Waals surface area contributed by atoms with E-state index in [0.29, 0.717) is 22.7 Å². The number of allylic oxidation sites excluding steroid dienone is 1. The minimum absolute atomic E-state index is 0.00957. The van der Waals surface area contributed by atoms with Gasteiger partial charge in [-0.1, -0.05) is 0 Å². The summed E-state index contributed by atoms with van der Waals surface area (Å²) in [5.41, 5.74) is 1.08. The predicted octanol–water partition coefficient (Wildman–Crippen LogP) is 2.81. The molecular formula is C20H16N4O5S. The van der Waals surface area contributed by atoms with Crippen molar-refractivity contribution in [3.8, 4) is 11.5 Å². The molecule has 10 heteroatoms. The highest BCUT2D eigenvalue weighted by molar-refractivity contribution is 7.92. The van der Waals surface area contributed by atoms with Crippen molar-refractivity contribution in [2.24, 2.45) is 0 Å². The molecule has 2 N–H and O–H groups in total. The van der Waals surface area contributed by atoms with E-state index < -0.39 is 10.0 Å². The fourth-order valence-corrected chi connectivity index (χ4v) is 3.58. The van der Waals surface area contributed by atoms with Gasteiger partial charge in [0.2, 0.25) is 12.7 Å². The summed E-state index contributed by atoms with van der Waals surface area (Å²) >= 11 is 0. The van der Waals surface area contributed by atoms with Crippen molar-refractivity contribution in [2.45, 2.75) is 4.90 Å². The maximum Gasteiger partial charge on any atom is 0.264 e. The third-order valence-electron chi connectivity index (χ3n) is 4.10. The summed E-state index contributed by atoms with van der Waals surface area (Å²) in [6.07, 6.45) is 5.73. The molecule has 0 spiro atoms. The monoisotopic (exact) mass is 424 g/mol. The average molecular weight is 424 g/mol. The van der Waals surface area contributed by atoms with Crippen molar-refractivity contribution in [3.05, 3.63) is 78.8 Å². The standard InChI is InChI=1S/C20H16N4O5S/c25-17(14-2-7-18-19(12-14)29-13-28-18)8-11-21-15-3-5-16(6-4-15)30(26,27)24-20-22-9-1-10-23-20/h1-12,21H,13H2,(H,22,23,24)/b11-8-. The first-order valence-electron chi connectivity index (χ1n) is 8.78. The van der Waals surface area contributed by atoms with Crippen LogP contribution in [0.2, 0.25) is 0 Å². The molecule has 0 saturated heterocycles. The Morgan fingerprint density at radius 3 is 2.50 bits per heavy atom. The number of nitrogens with zero attached hydrogens (tertiary/aromatic N) is 2. The van der Waals surface area contributed by atoms with E-state index in [0.717, 1.165) is 0 Å². The molecule has 9 nitrogen and oxygen atoms in total. The van der Waals surface area contributed by atoms with Crippen molar-refractivity contribution in [2.75, 3.05) is 16.8 Å². The first kappa shape index (κ1) is 19.4. The van der Waals surface area contributed by atoms with E-state index in [1.807, 2.05) is 0 Å². The number of aromatic nitrogens is 2. The van der Waals surface area contributed by atoms with Gasteiger partial charge >= 0.3 is 0 Å². The van der Waals surface area contributed by atoms with E-state index in [4.69, 9.17) is 9.47 Å². The maximum atomic E-state index is 12.4. The molecule has 4 rings (SSSR count). The Balaban J connectivity index is 1.38. The molecule has 0 amide bonds. The molecule has 0 unspecified atom stereocenters. The highest BCUT2D eigenvalue weighted by Crippen LogP contribution is 2.32. The molecule has 1 aromatic heterocycles. The second-order valence-electron chi connectivity index (χ2n) is 6.11. The van der Waals surface area contributed by atoms with Crippen LogP contribution >= 0.6 is 0 Å². The van der Waals surface area contributed by atoms with Gasteiger partial charge in [-0.3, -0.25) is 4.79 Å². The molecule has 0 radical (unpaired) electrons. The lowest BCUT2D eigenvalue weighted by Gasteiger charge is -2.07. The topological polar surface area (TPSA) is 120 Å². The number of carbonyl (C=O) groups is 1. The molecule has 2 aromatic carbocycles. The lowest BCUT2D eigenvalue weighted by atomic mass is 10.1. The van der Waals surface area contributed by atoms with Crippen molar-refractivity contribution >= 4 is 27.4 Å². The lowest BCUT2D eigenvalue weighted by molar-refractivity contribution is 0.104. The van der Waals surface area contributed by atoms with E-state index in [-0.39, 0.29) is 23.4 Å². The van der Waals surface area contributed by atoms with Crippen LogP contribution in [0.4, 0.5) is 11.6 Å². The smallest absolute Gasteiger partial charge is 0.264 e. The zero-order chi connectivity index (χ0) is 21.0. The van der Waals surface area contributed by atoms with Crippen molar-refractivity contribution in [1.29, 1.82) is 0 Å². The third kappa shape index (κ3) is 4.39.